The molecule has 1 heterocycles. The SMILES string of the molecule is CCCc1sc(NC(=O)Cc2ccc3ccccc3c2)nc1-c1ccc(-c2ccccc2)cc1. The summed E-state index contributed by atoms with van der Waals surface area (Å²) in [6.07, 6.45) is 2.30. The summed E-state index contributed by atoms with van der Waals surface area (Å²) in [6.45, 7) is 2.17. The van der Waals surface area contributed by atoms with Gasteiger partial charge < -0.3 is 5.32 Å². The van der Waals surface area contributed by atoms with Crippen LogP contribution in [0.15, 0.2) is 97.1 Å². The largest absolute Gasteiger partial charge is 0.302 e. The van der Waals surface area contributed by atoms with Gasteiger partial charge in [0, 0.05) is 10.4 Å². The fourth-order valence-corrected chi connectivity index (χ4v) is 5.28. The molecule has 0 radical (unpaired) electrons. The summed E-state index contributed by atoms with van der Waals surface area (Å²) >= 11 is 1.58. The molecule has 1 N–H and O–H groups in total. The highest BCUT2D eigenvalue weighted by Gasteiger charge is 2.15. The molecule has 1 amide bonds. The van der Waals surface area contributed by atoms with E-state index in [9.17, 15) is 4.79 Å². The van der Waals surface area contributed by atoms with Crippen molar-refractivity contribution in [3.63, 3.8) is 0 Å². The van der Waals surface area contributed by atoms with Crippen molar-refractivity contribution in [3.05, 3.63) is 108 Å². The van der Waals surface area contributed by atoms with E-state index in [-0.39, 0.29) is 5.91 Å². The molecular weight excluding hydrogens is 436 g/mol. The number of amides is 1. The van der Waals surface area contributed by atoms with Crippen LogP contribution in [0, 0.1) is 0 Å². The predicted molar refractivity (Wildman–Crippen MR) is 143 cm³/mol. The van der Waals surface area contributed by atoms with Crippen molar-refractivity contribution < 1.29 is 4.79 Å². The number of nitrogens with one attached hydrogen (secondary N) is 1. The van der Waals surface area contributed by atoms with Crippen molar-refractivity contribution in [1.29, 1.82) is 0 Å². The van der Waals surface area contributed by atoms with Crippen LogP contribution in [0.2, 0.25) is 0 Å². The van der Waals surface area contributed by atoms with Crippen LogP contribution in [-0.4, -0.2) is 10.9 Å². The van der Waals surface area contributed by atoms with Crippen molar-refractivity contribution in [2.45, 2.75) is 26.2 Å². The van der Waals surface area contributed by atoms with Crippen LogP contribution >= 0.6 is 11.3 Å². The van der Waals surface area contributed by atoms with Gasteiger partial charge in [0.05, 0.1) is 12.1 Å². The highest BCUT2D eigenvalue weighted by molar-refractivity contribution is 7.16. The highest BCUT2D eigenvalue weighted by atomic mass is 32.1. The van der Waals surface area contributed by atoms with Crippen LogP contribution in [0.5, 0.6) is 0 Å². The normalized spacial score (nSPS) is 11.0. The molecule has 34 heavy (non-hydrogen) atoms. The van der Waals surface area contributed by atoms with Crippen molar-refractivity contribution in [2.75, 3.05) is 5.32 Å². The Labute approximate surface area is 204 Å². The number of aryl methyl sites for hydroxylation is 1. The molecule has 0 atom stereocenters. The van der Waals surface area contributed by atoms with Crippen LogP contribution in [0.25, 0.3) is 33.2 Å². The summed E-state index contributed by atoms with van der Waals surface area (Å²) < 4.78 is 0. The maximum Gasteiger partial charge on any atom is 0.230 e. The van der Waals surface area contributed by atoms with E-state index in [4.69, 9.17) is 4.98 Å². The lowest BCUT2D eigenvalue weighted by Gasteiger charge is -2.05. The van der Waals surface area contributed by atoms with Gasteiger partial charge in [0.1, 0.15) is 0 Å². The molecule has 0 aliphatic rings. The molecule has 4 heteroatoms. The minimum Gasteiger partial charge on any atom is -0.302 e. The van der Waals surface area contributed by atoms with Crippen LogP contribution in [0.4, 0.5) is 5.13 Å². The van der Waals surface area contributed by atoms with E-state index in [1.165, 1.54) is 21.4 Å². The molecular formula is C30H26N2OS. The molecule has 0 spiro atoms. The molecule has 3 nitrogen and oxygen atoms in total. The highest BCUT2D eigenvalue weighted by Crippen LogP contribution is 2.33. The first-order chi connectivity index (χ1) is 16.7. The number of rotatable bonds is 7. The number of aromatic nitrogens is 1. The lowest BCUT2D eigenvalue weighted by Crippen LogP contribution is -2.14. The third-order valence-corrected chi connectivity index (χ3v) is 6.90. The van der Waals surface area contributed by atoms with E-state index in [0.717, 1.165) is 35.0 Å². The average molecular weight is 463 g/mol. The number of carbonyl (C=O) groups excluding carboxylic acids is 1. The Bertz CT molecular complexity index is 1420. The van der Waals surface area contributed by atoms with Gasteiger partial charge >= 0.3 is 0 Å². The number of carbonyl (C=O) groups is 1. The van der Waals surface area contributed by atoms with E-state index in [1.807, 2.05) is 24.3 Å². The van der Waals surface area contributed by atoms with Gasteiger partial charge in [-0.25, -0.2) is 4.98 Å². The Morgan fingerprint density at radius 3 is 2.24 bits per heavy atom. The van der Waals surface area contributed by atoms with Crippen LogP contribution < -0.4 is 5.32 Å². The second kappa shape index (κ2) is 10.0. The van der Waals surface area contributed by atoms with E-state index in [2.05, 4.69) is 85.0 Å². The number of hydrogen-bond acceptors (Lipinski definition) is 3. The fraction of sp³-hybridized carbons (Fsp3) is 0.133. The second-order valence-electron chi connectivity index (χ2n) is 8.39. The number of thiazole rings is 1. The molecule has 0 fully saturated rings. The predicted octanol–water partition coefficient (Wildman–Crippen LogP) is 7.76. The quantitative estimate of drug-likeness (QED) is 0.268. The molecule has 0 saturated carbocycles. The zero-order valence-corrected chi connectivity index (χ0v) is 19.9. The summed E-state index contributed by atoms with van der Waals surface area (Å²) in [5, 5.41) is 6.02. The van der Waals surface area contributed by atoms with Gasteiger partial charge in [0.15, 0.2) is 5.13 Å². The van der Waals surface area contributed by atoms with Crippen molar-refractivity contribution in [2.24, 2.45) is 0 Å². The summed E-state index contributed by atoms with van der Waals surface area (Å²) in [5.74, 6) is -0.0435. The summed E-state index contributed by atoms with van der Waals surface area (Å²) in [6, 6.07) is 33.2. The van der Waals surface area contributed by atoms with Gasteiger partial charge in [-0.3, -0.25) is 4.79 Å². The maximum atomic E-state index is 12.8. The fourth-order valence-electron chi connectivity index (χ4n) is 4.18. The van der Waals surface area contributed by atoms with Crippen LogP contribution in [0.1, 0.15) is 23.8 Å². The molecule has 0 bridgehead atoms. The van der Waals surface area contributed by atoms with E-state index < -0.39 is 0 Å². The first-order valence-corrected chi connectivity index (χ1v) is 12.4. The summed E-state index contributed by atoms with van der Waals surface area (Å²) in [4.78, 5) is 18.8. The van der Waals surface area contributed by atoms with Crippen molar-refractivity contribution >= 4 is 33.1 Å². The van der Waals surface area contributed by atoms with Gasteiger partial charge in [0.2, 0.25) is 5.91 Å². The molecule has 0 saturated heterocycles. The zero-order chi connectivity index (χ0) is 23.3. The first-order valence-electron chi connectivity index (χ1n) is 11.6. The Kier molecular flexibility index (Phi) is 6.50. The third-order valence-electron chi connectivity index (χ3n) is 5.86. The first kappa shape index (κ1) is 22.1. The molecule has 5 rings (SSSR count). The molecule has 5 aromatic rings. The lowest BCUT2D eigenvalue weighted by molar-refractivity contribution is -0.115. The summed E-state index contributed by atoms with van der Waals surface area (Å²) in [5.41, 5.74) is 5.42. The monoisotopic (exact) mass is 462 g/mol. The maximum absolute atomic E-state index is 12.8. The Hall–Kier alpha value is -3.76. The molecule has 4 aromatic carbocycles. The second-order valence-corrected chi connectivity index (χ2v) is 9.47. The molecule has 0 aliphatic carbocycles. The Morgan fingerprint density at radius 1 is 0.794 bits per heavy atom. The smallest absolute Gasteiger partial charge is 0.230 e. The van der Waals surface area contributed by atoms with E-state index in [1.54, 1.807) is 11.3 Å². The standard InChI is InChI=1S/C30H26N2OS/c1-2-8-27-29(25-17-15-24(16-18-25)22-9-4-3-5-10-22)32-30(34-27)31-28(33)20-21-13-14-23-11-6-7-12-26(23)19-21/h3-7,9-19H,2,8,20H2,1H3,(H,31,32,33). The van der Waals surface area contributed by atoms with Crippen molar-refractivity contribution in [3.8, 4) is 22.4 Å². The topological polar surface area (TPSA) is 42.0 Å². The van der Waals surface area contributed by atoms with Gasteiger partial charge in [-0.2, -0.15) is 0 Å². The minimum atomic E-state index is -0.0435. The number of anilines is 1. The van der Waals surface area contributed by atoms with Gasteiger partial charge in [-0.1, -0.05) is 110 Å². The van der Waals surface area contributed by atoms with Crippen LogP contribution in [0.3, 0.4) is 0 Å². The van der Waals surface area contributed by atoms with E-state index in [0.29, 0.717) is 11.6 Å². The Morgan fingerprint density at radius 2 is 1.47 bits per heavy atom. The van der Waals surface area contributed by atoms with Gasteiger partial charge in [0.25, 0.3) is 0 Å². The number of fused-ring (bicyclic) bond motifs is 1. The molecule has 0 aliphatic heterocycles. The zero-order valence-electron chi connectivity index (χ0n) is 19.1. The third kappa shape index (κ3) is 4.92. The van der Waals surface area contributed by atoms with Crippen LogP contribution in [-0.2, 0) is 17.6 Å². The summed E-state index contributed by atoms with van der Waals surface area (Å²) in [7, 11) is 0. The number of nitrogens with zero attached hydrogens (tertiary/aromatic N) is 1. The van der Waals surface area contributed by atoms with Gasteiger partial charge in [-0.05, 0) is 33.9 Å². The van der Waals surface area contributed by atoms with E-state index >= 15 is 0 Å². The number of hydrogen-bond donors (Lipinski definition) is 1. The van der Waals surface area contributed by atoms with Gasteiger partial charge in [-0.15, -0.1) is 11.3 Å². The molecule has 168 valence electrons. The molecule has 1 aromatic heterocycles. The lowest BCUT2D eigenvalue weighted by atomic mass is 10.0. The Balaban J connectivity index is 1.34. The average Bonchev–Trinajstić information content (AvgIpc) is 3.26. The van der Waals surface area contributed by atoms with Crippen molar-refractivity contribution in [1.82, 2.24) is 4.98 Å². The molecule has 0 unspecified atom stereocenters. The minimum absolute atomic E-state index is 0.0435. The number of benzene rings is 4.